The molecule has 0 radical (unpaired) electrons. The van der Waals surface area contributed by atoms with E-state index in [1.165, 1.54) is 6.42 Å². The smallest absolute Gasteiger partial charge is 0.321 e. The average molecular weight is 347 g/mol. The van der Waals surface area contributed by atoms with Gasteiger partial charge in [0.05, 0.1) is 13.2 Å². The van der Waals surface area contributed by atoms with Crippen molar-refractivity contribution in [2.24, 2.45) is 0 Å². The zero-order chi connectivity index (χ0) is 18.2. The third-order valence-electron chi connectivity index (χ3n) is 4.78. The van der Waals surface area contributed by atoms with E-state index < -0.39 is 12.1 Å². The summed E-state index contributed by atoms with van der Waals surface area (Å²) in [6.07, 6.45) is 5.49. The highest BCUT2D eigenvalue weighted by Gasteiger charge is 2.22. The molecule has 138 valence electrons. The maximum atomic E-state index is 12.3. The molecule has 0 spiro atoms. The number of methoxy groups -OCH3 is 1. The zero-order valence-electron chi connectivity index (χ0n) is 15.4. The minimum atomic E-state index is -0.414. The molecule has 0 aliphatic heterocycles. The molecule has 2 N–H and O–H groups in total. The quantitative estimate of drug-likeness (QED) is 0.830. The highest BCUT2D eigenvalue weighted by Crippen LogP contribution is 2.17. The summed E-state index contributed by atoms with van der Waals surface area (Å²) < 4.78 is 5.22. The lowest BCUT2D eigenvalue weighted by Crippen LogP contribution is -2.50. The predicted molar refractivity (Wildman–Crippen MR) is 97.5 cm³/mol. The Balaban J connectivity index is 1.82. The maximum Gasteiger partial charge on any atom is 0.321 e. The molecule has 1 aromatic rings. The fraction of sp³-hybridized carbons (Fsp3) is 0.579. The van der Waals surface area contributed by atoms with Gasteiger partial charge in [-0.1, -0.05) is 31.4 Å². The van der Waals surface area contributed by atoms with Crippen LogP contribution in [-0.4, -0.2) is 43.1 Å². The summed E-state index contributed by atoms with van der Waals surface area (Å²) in [5.74, 6) is 0.494. The summed E-state index contributed by atoms with van der Waals surface area (Å²) in [6, 6.07) is 7.11. The third-order valence-corrected chi connectivity index (χ3v) is 4.78. The Morgan fingerprint density at radius 2 is 2.00 bits per heavy atom. The minimum Gasteiger partial charge on any atom is -0.497 e. The van der Waals surface area contributed by atoms with Crippen molar-refractivity contribution in [2.75, 3.05) is 14.2 Å². The molecular formula is C19H29N3O3. The van der Waals surface area contributed by atoms with Crippen LogP contribution in [0.3, 0.4) is 0 Å². The summed E-state index contributed by atoms with van der Waals surface area (Å²) in [5.41, 5.74) is 1.05. The van der Waals surface area contributed by atoms with E-state index in [2.05, 4.69) is 10.6 Å². The van der Waals surface area contributed by atoms with Crippen molar-refractivity contribution in [3.8, 4) is 5.75 Å². The summed E-state index contributed by atoms with van der Waals surface area (Å²) in [4.78, 5) is 26.2. The second-order valence-corrected chi connectivity index (χ2v) is 6.74. The van der Waals surface area contributed by atoms with Gasteiger partial charge in [0.25, 0.3) is 0 Å². The van der Waals surface area contributed by atoms with Crippen molar-refractivity contribution < 1.29 is 14.3 Å². The van der Waals surface area contributed by atoms with E-state index in [0.717, 1.165) is 37.0 Å². The number of hydrogen-bond acceptors (Lipinski definition) is 4. The Kier molecular flexibility index (Phi) is 7.25. The Labute approximate surface area is 149 Å². The van der Waals surface area contributed by atoms with Gasteiger partial charge in [-0.25, -0.2) is 4.79 Å². The molecular weight excluding hydrogens is 318 g/mol. The minimum absolute atomic E-state index is 0.186. The number of nitrogens with one attached hydrogen (secondary N) is 2. The second kappa shape index (κ2) is 9.42. The molecule has 1 aromatic carbocycles. The molecule has 0 unspecified atom stereocenters. The lowest BCUT2D eigenvalue weighted by atomic mass is 9.96. The number of ether oxygens (including phenoxy) is 1. The van der Waals surface area contributed by atoms with Gasteiger partial charge in [0, 0.05) is 12.6 Å². The van der Waals surface area contributed by atoms with Crippen molar-refractivity contribution >= 4 is 11.9 Å². The molecule has 3 amide bonds. The van der Waals surface area contributed by atoms with Crippen LogP contribution < -0.4 is 15.4 Å². The molecule has 25 heavy (non-hydrogen) atoms. The number of likely N-dealkylation sites (N-methyl/N-ethyl adjacent to an activating group) is 1. The van der Waals surface area contributed by atoms with E-state index in [0.29, 0.717) is 6.54 Å². The highest BCUT2D eigenvalue weighted by molar-refractivity contribution is 5.96. The SMILES string of the molecule is COc1cccc(CN(C)[C@@H](C)C(=O)NC(=O)NC2CCCCC2)c1. The van der Waals surface area contributed by atoms with Crippen LogP contribution in [0, 0.1) is 0 Å². The Morgan fingerprint density at radius 3 is 2.68 bits per heavy atom. The van der Waals surface area contributed by atoms with Crippen molar-refractivity contribution in [3.05, 3.63) is 29.8 Å². The van der Waals surface area contributed by atoms with E-state index in [9.17, 15) is 9.59 Å². The summed E-state index contributed by atoms with van der Waals surface area (Å²) in [6.45, 7) is 2.39. The molecule has 0 bridgehead atoms. The average Bonchev–Trinajstić information content (AvgIpc) is 2.61. The Hall–Kier alpha value is -2.08. The first-order chi connectivity index (χ1) is 12.0. The number of amides is 3. The lowest BCUT2D eigenvalue weighted by Gasteiger charge is -2.25. The van der Waals surface area contributed by atoms with Gasteiger partial charge in [-0.2, -0.15) is 0 Å². The first-order valence-electron chi connectivity index (χ1n) is 8.94. The molecule has 1 atom stereocenters. The van der Waals surface area contributed by atoms with Gasteiger partial charge in [0.2, 0.25) is 5.91 Å². The van der Waals surface area contributed by atoms with E-state index in [4.69, 9.17) is 4.74 Å². The second-order valence-electron chi connectivity index (χ2n) is 6.74. The highest BCUT2D eigenvalue weighted by atomic mass is 16.5. The fourth-order valence-corrected chi connectivity index (χ4v) is 3.08. The lowest BCUT2D eigenvalue weighted by molar-refractivity contribution is -0.124. The maximum absolute atomic E-state index is 12.3. The number of carbonyl (C=O) groups is 2. The van der Waals surface area contributed by atoms with E-state index in [1.54, 1.807) is 14.0 Å². The normalized spacial score (nSPS) is 16.3. The topological polar surface area (TPSA) is 70.7 Å². The number of carbonyl (C=O) groups excluding carboxylic acids is 2. The Morgan fingerprint density at radius 1 is 1.28 bits per heavy atom. The summed E-state index contributed by atoms with van der Waals surface area (Å²) >= 11 is 0. The molecule has 1 aliphatic carbocycles. The molecule has 0 saturated heterocycles. The number of imide groups is 1. The van der Waals surface area contributed by atoms with Gasteiger partial charge in [-0.05, 0) is 44.5 Å². The van der Waals surface area contributed by atoms with Crippen LogP contribution in [-0.2, 0) is 11.3 Å². The van der Waals surface area contributed by atoms with Crippen molar-refractivity contribution in [2.45, 2.75) is 57.7 Å². The Bertz CT molecular complexity index is 585. The molecule has 2 rings (SSSR count). The number of rotatable bonds is 6. The number of nitrogens with zero attached hydrogens (tertiary/aromatic N) is 1. The largest absolute Gasteiger partial charge is 0.497 e. The van der Waals surface area contributed by atoms with E-state index in [-0.39, 0.29) is 11.9 Å². The monoisotopic (exact) mass is 347 g/mol. The number of urea groups is 1. The van der Waals surface area contributed by atoms with Gasteiger partial charge in [-0.15, -0.1) is 0 Å². The van der Waals surface area contributed by atoms with Gasteiger partial charge < -0.3 is 10.1 Å². The zero-order valence-corrected chi connectivity index (χ0v) is 15.4. The number of hydrogen-bond donors (Lipinski definition) is 2. The molecule has 0 heterocycles. The van der Waals surface area contributed by atoms with Crippen LogP contribution in [0.2, 0.25) is 0 Å². The summed E-state index contributed by atoms with van der Waals surface area (Å²) in [7, 11) is 3.49. The fourth-order valence-electron chi connectivity index (χ4n) is 3.08. The molecule has 0 aromatic heterocycles. The molecule has 1 saturated carbocycles. The first-order valence-corrected chi connectivity index (χ1v) is 8.94. The van der Waals surface area contributed by atoms with Crippen molar-refractivity contribution in [3.63, 3.8) is 0 Å². The van der Waals surface area contributed by atoms with E-state index in [1.807, 2.05) is 36.2 Å². The number of benzene rings is 1. The van der Waals surface area contributed by atoms with Crippen LogP contribution >= 0.6 is 0 Å². The van der Waals surface area contributed by atoms with Crippen LogP contribution in [0.4, 0.5) is 4.79 Å². The first kappa shape index (κ1) is 19.2. The van der Waals surface area contributed by atoms with Crippen LogP contribution in [0.1, 0.15) is 44.6 Å². The predicted octanol–water partition coefficient (Wildman–Crippen LogP) is 2.67. The van der Waals surface area contributed by atoms with Gasteiger partial charge >= 0.3 is 6.03 Å². The van der Waals surface area contributed by atoms with Crippen LogP contribution in [0.5, 0.6) is 5.75 Å². The van der Waals surface area contributed by atoms with Crippen molar-refractivity contribution in [1.29, 1.82) is 0 Å². The standard InChI is InChI=1S/C19H29N3O3/c1-14(22(2)13-15-8-7-11-17(12-15)25-3)18(23)21-19(24)20-16-9-5-4-6-10-16/h7-8,11-12,14,16H,4-6,9-10,13H2,1-3H3,(H2,20,21,23,24)/t14-/m0/s1. The third kappa shape index (κ3) is 6.05. The van der Waals surface area contributed by atoms with Crippen LogP contribution in [0.25, 0.3) is 0 Å². The molecule has 1 fully saturated rings. The molecule has 6 heteroatoms. The molecule has 6 nitrogen and oxygen atoms in total. The molecule has 1 aliphatic rings. The van der Waals surface area contributed by atoms with Gasteiger partial charge in [-0.3, -0.25) is 15.0 Å². The van der Waals surface area contributed by atoms with Gasteiger partial charge in [0.1, 0.15) is 5.75 Å². The van der Waals surface area contributed by atoms with Crippen LogP contribution in [0.15, 0.2) is 24.3 Å². The van der Waals surface area contributed by atoms with Crippen molar-refractivity contribution in [1.82, 2.24) is 15.5 Å². The van der Waals surface area contributed by atoms with Gasteiger partial charge in [0.15, 0.2) is 0 Å². The van der Waals surface area contributed by atoms with E-state index >= 15 is 0 Å². The summed E-state index contributed by atoms with van der Waals surface area (Å²) in [5, 5.41) is 5.36.